The van der Waals surface area contributed by atoms with Crippen molar-refractivity contribution in [2.75, 3.05) is 6.54 Å². The highest BCUT2D eigenvalue weighted by atomic mass is 35.5. The Morgan fingerprint density at radius 2 is 1.81 bits per heavy atom. The minimum Gasteiger partial charge on any atom is -0.354 e. The van der Waals surface area contributed by atoms with E-state index in [0.29, 0.717) is 24.5 Å². The van der Waals surface area contributed by atoms with E-state index >= 15 is 0 Å². The molecular formula is C20H22ClN3O2. The van der Waals surface area contributed by atoms with E-state index in [0.717, 1.165) is 23.0 Å². The van der Waals surface area contributed by atoms with Crippen LogP contribution in [-0.2, 0) is 24.3 Å². The van der Waals surface area contributed by atoms with Crippen LogP contribution in [0, 0.1) is 0 Å². The second kappa shape index (κ2) is 8.23. The van der Waals surface area contributed by atoms with E-state index in [4.69, 9.17) is 11.6 Å². The highest BCUT2D eigenvalue weighted by Crippen LogP contribution is 2.13. The van der Waals surface area contributed by atoms with Crippen molar-refractivity contribution in [2.24, 2.45) is 0 Å². The first kappa shape index (κ1) is 18.3. The lowest BCUT2D eigenvalue weighted by Crippen LogP contribution is -2.34. The fourth-order valence-electron chi connectivity index (χ4n) is 3.10. The van der Waals surface area contributed by atoms with E-state index in [1.54, 1.807) is 9.13 Å². The third-order valence-corrected chi connectivity index (χ3v) is 4.53. The molecule has 0 saturated carbocycles. The highest BCUT2D eigenvalue weighted by molar-refractivity contribution is 6.30. The van der Waals surface area contributed by atoms with Crippen molar-refractivity contribution in [1.82, 2.24) is 14.5 Å². The number of benzene rings is 2. The Morgan fingerprint density at radius 1 is 1.08 bits per heavy atom. The predicted molar refractivity (Wildman–Crippen MR) is 105 cm³/mol. The van der Waals surface area contributed by atoms with Crippen LogP contribution in [0.1, 0.15) is 18.9 Å². The number of aryl methyl sites for hydroxylation is 1. The third kappa shape index (κ3) is 3.99. The maximum Gasteiger partial charge on any atom is 0.329 e. The lowest BCUT2D eigenvalue weighted by Gasteiger charge is -2.07. The summed E-state index contributed by atoms with van der Waals surface area (Å²) in [6.07, 6.45) is 1.55. The molecule has 2 aromatic carbocycles. The van der Waals surface area contributed by atoms with Crippen molar-refractivity contribution >= 4 is 28.5 Å². The van der Waals surface area contributed by atoms with Crippen LogP contribution in [-0.4, -0.2) is 21.6 Å². The first-order valence-corrected chi connectivity index (χ1v) is 9.17. The minimum atomic E-state index is -0.173. The molecule has 5 nitrogen and oxygen atoms in total. The highest BCUT2D eigenvalue weighted by Gasteiger charge is 2.14. The van der Waals surface area contributed by atoms with Crippen molar-refractivity contribution in [3.8, 4) is 0 Å². The SMILES string of the molecule is CCCn1c(=O)n(CC(=O)NCCc2cccc(Cl)c2)c2ccccc21. The molecule has 1 aromatic heterocycles. The van der Waals surface area contributed by atoms with Gasteiger partial charge in [0.05, 0.1) is 11.0 Å². The quantitative estimate of drug-likeness (QED) is 0.693. The summed E-state index contributed by atoms with van der Waals surface area (Å²) < 4.78 is 3.27. The summed E-state index contributed by atoms with van der Waals surface area (Å²) in [5.41, 5.74) is 2.58. The van der Waals surface area contributed by atoms with Crippen LogP contribution in [0.5, 0.6) is 0 Å². The summed E-state index contributed by atoms with van der Waals surface area (Å²) in [6, 6.07) is 15.2. The largest absolute Gasteiger partial charge is 0.354 e. The summed E-state index contributed by atoms with van der Waals surface area (Å²) in [7, 11) is 0. The molecule has 26 heavy (non-hydrogen) atoms. The maximum absolute atomic E-state index is 12.7. The minimum absolute atomic E-state index is 0.0195. The van der Waals surface area contributed by atoms with Crippen molar-refractivity contribution in [1.29, 1.82) is 0 Å². The zero-order valence-corrected chi connectivity index (χ0v) is 15.5. The van der Waals surface area contributed by atoms with Crippen molar-refractivity contribution in [2.45, 2.75) is 32.9 Å². The topological polar surface area (TPSA) is 56.0 Å². The smallest absolute Gasteiger partial charge is 0.329 e. The number of imidazole rings is 1. The van der Waals surface area contributed by atoms with Gasteiger partial charge < -0.3 is 5.32 Å². The Labute approximate surface area is 157 Å². The van der Waals surface area contributed by atoms with Crippen molar-refractivity contribution in [3.05, 3.63) is 69.6 Å². The van der Waals surface area contributed by atoms with Gasteiger partial charge in [0.2, 0.25) is 5.91 Å². The predicted octanol–water partition coefficient (Wildman–Crippen LogP) is 3.23. The second-order valence-corrected chi connectivity index (χ2v) is 6.68. The fourth-order valence-corrected chi connectivity index (χ4v) is 3.32. The molecule has 0 spiro atoms. The number of nitrogens with zero attached hydrogens (tertiary/aromatic N) is 2. The van der Waals surface area contributed by atoms with Crippen LogP contribution in [0.15, 0.2) is 53.3 Å². The molecule has 136 valence electrons. The van der Waals surface area contributed by atoms with Gasteiger partial charge in [0.25, 0.3) is 0 Å². The molecule has 1 heterocycles. The fraction of sp³-hybridized carbons (Fsp3) is 0.300. The third-order valence-electron chi connectivity index (χ3n) is 4.30. The number of carbonyl (C=O) groups excluding carboxylic acids is 1. The van der Waals surface area contributed by atoms with Gasteiger partial charge in [-0.05, 0) is 42.7 Å². The zero-order valence-electron chi connectivity index (χ0n) is 14.7. The zero-order chi connectivity index (χ0) is 18.5. The van der Waals surface area contributed by atoms with E-state index < -0.39 is 0 Å². The number of aromatic nitrogens is 2. The molecule has 0 atom stereocenters. The molecule has 1 N–H and O–H groups in total. The van der Waals surface area contributed by atoms with Gasteiger partial charge >= 0.3 is 5.69 Å². The van der Waals surface area contributed by atoms with Crippen LogP contribution < -0.4 is 11.0 Å². The lowest BCUT2D eigenvalue weighted by molar-refractivity contribution is -0.121. The molecule has 6 heteroatoms. The van der Waals surface area contributed by atoms with Gasteiger partial charge in [0.15, 0.2) is 0 Å². The van der Waals surface area contributed by atoms with Crippen LogP contribution in [0.4, 0.5) is 0 Å². The Bertz CT molecular complexity index is 975. The molecule has 1 amide bonds. The van der Waals surface area contributed by atoms with E-state index in [1.165, 1.54) is 0 Å². The van der Waals surface area contributed by atoms with E-state index in [1.807, 2.05) is 55.5 Å². The van der Waals surface area contributed by atoms with Gasteiger partial charge in [0, 0.05) is 18.1 Å². The molecule has 0 aliphatic rings. The molecule has 0 fully saturated rings. The number of amides is 1. The van der Waals surface area contributed by atoms with Gasteiger partial charge in [-0.15, -0.1) is 0 Å². The molecule has 3 rings (SSSR count). The molecule has 0 unspecified atom stereocenters. The Morgan fingerprint density at radius 3 is 2.50 bits per heavy atom. The number of hydrogen-bond donors (Lipinski definition) is 1. The summed E-state index contributed by atoms with van der Waals surface area (Å²) >= 11 is 5.97. The molecule has 0 radical (unpaired) electrons. The molecule has 0 bridgehead atoms. The molecule has 0 saturated heterocycles. The summed E-state index contributed by atoms with van der Waals surface area (Å²) in [4.78, 5) is 25.0. The second-order valence-electron chi connectivity index (χ2n) is 6.24. The number of nitrogens with one attached hydrogen (secondary N) is 1. The maximum atomic E-state index is 12.7. The number of fused-ring (bicyclic) bond motifs is 1. The molecular weight excluding hydrogens is 350 g/mol. The normalized spacial score (nSPS) is 11.0. The molecule has 0 aliphatic carbocycles. The summed E-state index contributed by atoms with van der Waals surface area (Å²) in [5, 5.41) is 3.57. The summed E-state index contributed by atoms with van der Waals surface area (Å²) in [5.74, 6) is -0.173. The van der Waals surface area contributed by atoms with Gasteiger partial charge in [-0.1, -0.05) is 42.8 Å². The monoisotopic (exact) mass is 371 g/mol. The van der Waals surface area contributed by atoms with Gasteiger partial charge in [-0.3, -0.25) is 13.9 Å². The van der Waals surface area contributed by atoms with E-state index in [-0.39, 0.29) is 18.1 Å². The van der Waals surface area contributed by atoms with Crippen LogP contribution in [0.3, 0.4) is 0 Å². The summed E-state index contributed by atoms with van der Waals surface area (Å²) in [6.45, 7) is 3.19. The number of rotatable bonds is 7. The lowest BCUT2D eigenvalue weighted by atomic mass is 10.1. The average molecular weight is 372 g/mol. The van der Waals surface area contributed by atoms with Crippen molar-refractivity contribution < 1.29 is 4.79 Å². The average Bonchev–Trinajstić information content (AvgIpc) is 2.88. The molecule has 3 aromatic rings. The van der Waals surface area contributed by atoms with Gasteiger partial charge in [-0.2, -0.15) is 0 Å². The number of halogens is 1. The van der Waals surface area contributed by atoms with E-state index in [9.17, 15) is 9.59 Å². The molecule has 0 aliphatic heterocycles. The van der Waals surface area contributed by atoms with Crippen molar-refractivity contribution in [3.63, 3.8) is 0 Å². The van der Waals surface area contributed by atoms with Crippen LogP contribution in [0.2, 0.25) is 5.02 Å². The Kier molecular flexibility index (Phi) is 5.78. The standard InChI is InChI=1S/C20H22ClN3O2/c1-2-12-23-17-8-3-4-9-18(17)24(20(23)26)14-19(25)22-11-10-15-6-5-7-16(21)13-15/h3-9,13H,2,10-12,14H2,1H3,(H,22,25). The number of hydrogen-bond acceptors (Lipinski definition) is 2. The first-order valence-electron chi connectivity index (χ1n) is 8.79. The Balaban J connectivity index is 1.69. The number of carbonyl (C=O) groups is 1. The first-order chi connectivity index (χ1) is 12.6. The van der Waals surface area contributed by atoms with Gasteiger partial charge in [0.1, 0.15) is 6.54 Å². The van der Waals surface area contributed by atoms with E-state index in [2.05, 4.69) is 5.32 Å². The van der Waals surface area contributed by atoms with Crippen LogP contribution >= 0.6 is 11.6 Å². The van der Waals surface area contributed by atoms with Crippen LogP contribution in [0.25, 0.3) is 11.0 Å². The number of para-hydroxylation sites is 2. The van der Waals surface area contributed by atoms with Gasteiger partial charge in [-0.25, -0.2) is 4.79 Å². The Hall–Kier alpha value is -2.53.